The third kappa shape index (κ3) is 4.76. The summed E-state index contributed by atoms with van der Waals surface area (Å²) < 4.78 is 1.04. The van der Waals surface area contributed by atoms with Gasteiger partial charge in [-0.1, -0.05) is 40.2 Å². The van der Waals surface area contributed by atoms with Crippen molar-refractivity contribution in [1.29, 1.82) is 0 Å². The molecule has 0 radical (unpaired) electrons. The molecule has 2 aromatic carbocycles. The zero-order chi connectivity index (χ0) is 19.4. The van der Waals surface area contributed by atoms with Crippen LogP contribution < -0.4 is 5.32 Å². The van der Waals surface area contributed by atoms with Crippen LogP contribution in [0.1, 0.15) is 34.0 Å². The highest BCUT2D eigenvalue weighted by molar-refractivity contribution is 9.10. The van der Waals surface area contributed by atoms with Crippen molar-refractivity contribution in [3.63, 3.8) is 0 Å². The van der Waals surface area contributed by atoms with Gasteiger partial charge in [0.15, 0.2) is 0 Å². The number of hydrogen-bond acceptors (Lipinski definition) is 3. The van der Waals surface area contributed by atoms with Crippen molar-refractivity contribution >= 4 is 27.7 Å². The second-order valence-corrected chi connectivity index (χ2v) is 7.62. The Morgan fingerprint density at radius 3 is 2.74 bits per heavy atom. The summed E-state index contributed by atoms with van der Waals surface area (Å²) in [4.78, 5) is 26.1. The molecular formula is C21H23BrN2O3. The van der Waals surface area contributed by atoms with E-state index in [2.05, 4.69) is 21.2 Å². The van der Waals surface area contributed by atoms with E-state index in [1.54, 1.807) is 4.90 Å². The molecular weight excluding hydrogens is 408 g/mol. The maximum absolute atomic E-state index is 12.5. The van der Waals surface area contributed by atoms with Crippen LogP contribution in [-0.4, -0.2) is 41.0 Å². The number of rotatable bonds is 5. The molecule has 1 atom stereocenters. The fourth-order valence-corrected chi connectivity index (χ4v) is 3.75. The first-order chi connectivity index (χ1) is 13.0. The van der Waals surface area contributed by atoms with Gasteiger partial charge in [-0.05, 0) is 54.7 Å². The van der Waals surface area contributed by atoms with Gasteiger partial charge in [-0.25, -0.2) is 0 Å². The van der Waals surface area contributed by atoms with Gasteiger partial charge in [-0.3, -0.25) is 9.59 Å². The molecule has 1 heterocycles. The molecule has 0 fully saturated rings. The van der Waals surface area contributed by atoms with Crippen molar-refractivity contribution in [3.05, 3.63) is 69.2 Å². The van der Waals surface area contributed by atoms with Crippen molar-refractivity contribution in [2.24, 2.45) is 0 Å². The topological polar surface area (TPSA) is 69.6 Å². The first kappa shape index (κ1) is 19.6. The molecule has 2 amide bonds. The Bertz CT molecular complexity index is 851. The van der Waals surface area contributed by atoms with Gasteiger partial charge < -0.3 is 15.3 Å². The fourth-order valence-electron chi connectivity index (χ4n) is 3.26. The second-order valence-electron chi connectivity index (χ2n) is 6.77. The minimum absolute atomic E-state index is 0.121. The van der Waals surface area contributed by atoms with Crippen LogP contribution in [0.5, 0.6) is 0 Å². The van der Waals surface area contributed by atoms with Gasteiger partial charge >= 0.3 is 0 Å². The summed E-state index contributed by atoms with van der Waals surface area (Å²) in [5.41, 5.74) is 3.85. The molecule has 0 aromatic heterocycles. The SMILES string of the molecule is CC(O)C(=O)N1CCc2ccc(C(=O)NCCc3ccccc3Br)cc2C1. The van der Waals surface area contributed by atoms with Crippen LogP contribution in [0.15, 0.2) is 46.9 Å². The molecule has 0 saturated carbocycles. The number of carbonyl (C=O) groups excluding carboxylic acids is 2. The van der Waals surface area contributed by atoms with Crippen LogP contribution in [0, 0.1) is 0 Å². The molecule has 3 rings (SSSR count). The van der Waals surface area contributed by atoms with E-state index in [4.69, 9.17) is 0 Å². The van der Waals surface area contributed by atoms with E-state index in [0.29, 0.717) is 25.2 Å². The number of amides is 2. The van der Waals surface area contributed by atoms with Crippen molar-refractivity contribution in [2.75, 3.05) is 13.1 Å². The van der Waals surface area contributed by atoms with E-state index >= 15 is 0 Å². The van der Waals surface area contributed by atoms with E-state index in [1.807, 2.05) is 42.5 Å². The normalized spacial score (nSPS) is 14.4. The van der Waals surface area contributed by atoms with Gasteiger partial charge in [0.25, 0.3) is 11.8 Å². The van der Waals surface area contributed by atoms with Crippen molar-refractivity contribution in [2.45, 2.75) is 32.4 Å². The highest BCUT2D eigenvalue weighted by atomic mass is 79.9. The third-order valence-corrected chi connectivity index (χ3v) is 5.56. The summed E-state index contributed by atoms with van der Waals surface area (Å²) in [5, 5.41) is 12.5. The minimum Gasteiger partial charge on any atom is -0.384 e. The molecule has 0 spiro atoms. The number of benzene rings is 2. The van der Waals surface area contributed by atoms with E-state index in [0.717, 1.165) is 34.0 Å². The van der Waals surface area contributed by atoms with E-state index < -0.39 is 6.10 Å². The first-order valence-corrected chi connectivity index (χ1v) is 9.85. The smallest absolute Gasteiger partial charge is 0.251 e. The van der Waals surface area contributed by atoms with Gasteiger partial charge in [0.2, 0.25) is 0 Å². The molecule has 5 nitrogen and oxygen atoms in total. The zero-order valence-electron chi connectivity index (χ0n) is 15.2. The summed E-state index contributed by atoms with van der Waals surface area (Å²) in [7, 11) is 0. The Morgan fingerprint density at radius 1 is 1.22 bits per heavy atom. The highest BCUT2D eigenvalue weighted by Crippen LogP contribution is 2.21. The summed E-state index contributed by atoms with van der Waals surface area (Å²) >= 11 is 3.51. The Labute approximate surface area is 167 Å². The molecule has 1 aliphatic rings. The van der Waals surface area contributed by atoms with Crippen LogP contribution >= 0.6 is 15.9 Å². The van der Waals surface area contributed by atoms with E-state index in [9.17, 15) is 14.7 Å². The predicted molar refractivity (Wildman–Crippen MR) is 107 cm³/mol. The van der Waals surface area contributed by atoms with Gasteiger partial charge in [0, 0.05) is 29.7 Å². The van der Waals surface area contributed by atoms with Gasteiger partial charge in [0.1, 0.15) is 6.10 Å². The Balaban J connectivity index is 1.62. The summed E-state index contributed by atoms with van der Waals surface area (Å²) in [6, 6.07) is 13.6. The standard InChI is InChI=1S/C21H23BrN2O3/c1-14(25)21(27)24-11-9-15-6-7-17(12-18(15)13-24)20(26)23-10-8-16-4-2-3-5-19(16)22/h2-7,12,14,25H,8-11,13H2,1H3,(H,23,26). The van der Waals surface area contributed by atoms with Gasteiger partial charge in [-0.2, -0.15) is 0 Å². The average Bonchev–Trinajstić information content (AvgIpc) is 2.67. The fraction of sp³-hybridized carbons (Fsp3) is 0.333. The zero-order valence-corrected chi connectivity index (χ0v) is 16.8. The number of nitrogens with zero attached hydrogens (tertiary/aromatic N) is 1. The molecule has 0 saturated heterocycles. The number of fused-ring (bicyclic) bond motifs is 1. The van der Waals surface area contributed by atoms with Gasteiger partial charge in [0.05, 0.1) is 0 Å². The number of carbonyl (C=O) groups is 2. The van der Waals surface area contributed by atoms with E-state index in [-0.39, 0.29) is 11.8 Å². The summed E-state index contributed by atoms with van der Waals surface area (Å²) in [5.74, 6) is -0.396. The highest BCUT2D eigenvalue weighted by Gasteiger charge is 2.24. The quantitative estimate of drug-likeness (QED) is 0.765. The number of aliphatic hydroxyl groups is 1. The monoisotopic (exact) mass is 430 g/mol. The first-order valence-electron chi connectivity index (χ1n) is 9.06. The van der Waals surface area contributed by atoms with Gasteiger partial charge in [-0.15, -0.1) is 0 Å². The molecule has 1 unspecified atom stereocenters. The second kappa shape index (κ2) is 8.67. The molecule has 1 aliphatic heterocycles. The Morgan fingerprint density at radius 2 is 2.00 bits per heavy atom. The van der Waals surface area contributed by atoms with Crippen LogP contribution in [-0.2, 0) is 24.2 Å². The lowest BCUT2D eigenvalue weighted by Crippen LogP contribution is -2.41. The summed E-state index contributed by atoms with van der Waals surface area (Å²) in [6.07, 6.45) is 0.474. The van der Waals surface area contributed by atoms with Crippen LogP contribution in [0.25, 0.3) is 0 Å². The molecule has 0 aliphatic carbocycles. The average molecular weight is 431 g/mol. The molecule has 27 heavy (non-hydrogen) atoms. The lowest BCUT2D eigenvalue weighted by atomic mass is 9.96. The third-order valence-electron chi connectivity index (χ3n) is 4.79. The Hall–Kier alpha value is -2.18. The molecule has 2 N–H and O–H groups in total. The molecule has 142 valence electrons. The predicted octanol–water partition coefficient (Wildman–Crippen LogP) is 2.69. The maximum atomic E-state index is 12.5. The van der Waals surface area contributed by atoms with E-state index in [1.165, 1.54) is 6.92 Å². The minimum atomic E-state index is -1.00. The van der Waals surface area contributed by atoms with Crippen molar-refractivity contribution in [3.8, 4) is 0 Å². The lowest BCUT2D eigenvalue weighted by molar-refractivity contribution is -0.140. The number of nitrogens with one attached hydrogen (secondary N) is 1. The molecule has 6 heteroatoms. The Kier molecular flexibility index (Phi) is 6.29. The lowest BCUT2D eigenvalue weighted by Gasteiger charge is -2.30. The van der Waals surface area contributed by atoms with Crippen molar-refractivity contribution in [1.82, 2.24) is 10.2 Å². The van der Waals surface area contributed by atoms with Crippen LogP contribution in [0.4, 0.5) is 0 Å². The molecule has 2 aromatic rings. The molecule has 0 bridgehead atoms. The maximum Gasteiger partial charge on any atom is 0.251 e. The number of halogens is 1. The van der Waals surface area contributed by atoms with Crippen LogP contribution in [0.2, 0.25) is 0 Å². The largest absolute Gasteiger partial charge is 0.384 e. The van der Waals surface area contributed by atoms with Crippen LogP contribution in [0.3, 0.4) is 0 Å². The number of hydrogen-bond donors (Lipinski definition) is 2. The summed E-state index contributed by atoms with van der Waals surface area (Å²) in [6.45, 7) is 3.04. The van der Waals surface area contributed by atoms with Crippen molar-refractivity contribution < 1.29 is 14.7 Å². The number of aliphatic hydroxyl groups excluding tert-OH is 1.